The summed E-state index contributed by atoms with van der Waals surface area (Å²) in [6.45, 7) is 2.93. The molecule has 2 aromatic rings. The summed E-state index contributed by atoms with van der Waals surface area (Å²) in [7, 11) is 0. The quantitative estimate of drug-likeness (QED) is 0.605. The Hall–Kier alpha value is -1.81. The van der Waals surface area contributed by atoms with E-state index in [9.17, 15) is 0 Å². The Morgan fingerprint density at radius 3 is 2.69 bits per heavy atom. The number of hydrogen-bond donors (Lipinski definition) is 2. The van der Waals surface area contributed by atoms with Crippen LogP contribution in [0, 0.1) is 0 Å². The van der Waals surface area contributed by atoms with E-state index in [1.54, 1.807) is 0 Å². The van der Waals surface area contributed by atoms with Crippen LogP contribution in [0.1, 0.15) is 18.2 Å². The van der Waals surface area contributed by atoms with Crippen molar-refractivity contribution < 1.29 is 0 Å². The van der Waals surface area contributed by atoms with E-state index in [4.69, 9.17) is 5.84 Å². The second-order valence-electron chi connectivity index (χ2n) is 3.65. The number of benzene rings is 1. The molecule has 0 unspecified atom stereocenters. The number of imidazole rings is 1. The zero-order valence-electron chi connectivity index (χ0n) is 9.35. The van der Waals surface area contributed by atoms with Crippen LogP contribution >= 0.6 is 0 Å². The Morgan fingerprint density at radius 1 is 1.31 bits per heavy atom. The minimum absolute atomic E-state index is 0.762. The summed E-state index contributed by atoms with van der Waals surface area (Å²) in [5.41, 5.74) is 5.01. The molecule has 4 heteroatoms. The van der Waals surface area contributed by atoms with Crippen LogP contribution in [0.4, 0.5) is 5.82 Å². The van der Waals surface area contributed by atoms with Crippen molar-refractivity contribution in [2.75, 3.05) is 5.43 Å². The van der Waals surface area contributed by atoms with E-state index in [1.165, 1.54) is 5.56 Å². The first-order valence-electron chi connectivity index (χ1n) is 5.39. The molecule has 16 heavy (non-hydrogen) atoms. The predicted octanol–water partition coefficient (Wildman–Crippen LogP) is 1.78. The van der Waals surface area contributed by atoms with E-state index in [2.05, 4.69) is 34.0 Å². The van der Waals surface area contributed by atoms with Crippen molar-refractivity contribution in [3.05, 3.63) is 47.9 Å². The summed E-state index contributed by atoms with van der Waals surface area (Å²) in [5, 5.41) is 0. The van der Waals surface area contributed by atoms with Gasteiger partial charge in [-0.2, -0.15) is 0 Å². The normalized spacial score (nSPS) is 10.4. The predicted molar refractivity (Wildman–Crippen MR) is 65.0 cm³/mol. The molecular weight excluding hydrogens is 200 g/mol. The fraction of sp³-hybridized carbons (Fsp3) is 0.250. The number of nitrogens with one attached hydrogen (secondary N) is 1. The Balaban J connectivity index is 2.25. The van der Waals surface area contributed by atoms with Gasteiger partial charge in [0.1, 0.15) is 0 Å². The molecule has 0 saturated carbocycles. The maximum absolute atomic E-state index is 5.41. The van der Waals surface area contributed by atoms with Crippen LogP contribution in [0.5, 0.6) is 0 Å². The molecule has 0 saturated heterocycles. The highest BCUT2D eigenvalue weighted by Crippen LogP contribution is 2.14. The van der Waals surface area contributed by atoms with Gasteiger partial charge in [-0.25, -0.2) is 10.8 Å². The third kappa shape index (κ3) is 2.06. The van der Waals surface area contributed by atoms with Crippen molar-refractivity contribution >= 4 is 5.82 Å². The number of aromatic nitrogens is 2. The monoisotopic (exact) mass is 216 g/mol. The van der Waals surface area contributed by atoms with Gasteiger partial charge in [-0.1, -0.05) is 37.3 Å². The van der Waals surface area contributed by atoms with Crippen molar-refractivity contribution in [2.45, 2.75) is 19.9 Å². The summed E-state index contributed by atoms with van der Waals surface area (Å²) in [4.78, 5) is 4.23. The number of nitrogen functional groups attached to an aromatic ring is 1. The maximum Gasteiger partial charge on any atom is 0.161 e. The Labute approximate surface area is 95.1 Å². The van der Waals surface area contributed by atoms with Gasteiger partial charge in [0.05, 0.1) is 12.0 Å². The summed E-state index contributed by atoms with van der Waals surface area (Å²) >= 11 is 0. The number of hydrazine groups is 1. The van der Waals surface area contributed by atoms with Crippen molar-refractivity contribution in [1.82, 2.24) is 9.55 Å². The average molecular weight is 216 g/mol. The van der Waals surface area contributed by atoms with Crippen LogP contribution in [0.2, 0.25) is 0 Å². The number of nitrogens with two attached hydrogens (primary N) is 1. The smallest absolute Gasteiger partial charge is 0.161 e. The highest BCUT2D eigenvalue weighted by Gasteiger charge is 2.07. The minimum atomic E-state index is 0.762. The Bertz CT molecular complexity index is 447. The first-order chi connectivity index (χ1) is 7.85. The van der Waals surface area contributed by atoms with E-state index < -0.39 is 0 Å². The molecule has 1 aromatic heterocycles. The molecule has 0 spiro atoms. The van der Waals surface area contributed by atoms with Gasteiger partial charge in [0.25, 0.3) is 0 Å². The Kier molecular flexibility index (Phi) is 3.22. The SMILES string of the molecule is CCc1c(NN)ncn1Cc1ccccc1. The largest absolute Gasteiger partial charge is 0.328 e. The number of hydrogen-bond acceptors (Lipinski definition) is 3. The summed E-state index contributed by atoms with van der Waals surface area (Å²) in [6.07, 6.45) is 2.73. The lowest BCUT2D eigenvalue weighted by atomic mass is 10.2. The lowest BCUT2D eigenvalue weighted by molar-refractivity contribution is 0.747. The van der Waals surface area contributed by atoms with Crippen molar-refractivity contribution in [1.29, 1.82) is 0 Å². The van der Waals surface area contributed by atoms with Gasteiger partial charge in [-0.3, -0.25) is 0 Å². The molecule has 4 nitrogen and oxygen atoms in total. The first kappa shape index (κ1) is 10.7. The van der Waals surface area contributed by atoms with Crippen LogP contribution in [-0.2, 0) is 13.0 Å². The van der Waals surface area contributed by atoms with E-state index in [0.717, 1.165) is 24.5 Å². The summed E-state index contributed by atoms with van der Waals surface area (Å²) < 4.78 is 2.12. The molecule has 2 rings (SSSR count). The summed E-state index contributed by atoms with van der Waals surface area (Å²) in [6, 6.07) is 10.3. The van der Waals surface area contributed by atoms with Crippen molar-refractivity contribution in [3.63, 3.8) is 0 Å². The second-order valence-corrected chi connectivity index (χ2v) is 3.65. The molecule has 0 amide bonds. The van der Waals surface area contributed by atoms with Crippen molar-refractivity contribution in [2.24, 2.45) is 5.84 Å². The fourth-order valence-electron chi connectivity index (χ4n) is 1.82. The number of nitrogens with zero attached hydrogens (tertiary/aromatic N) is 2. The topological polar surface area (TPSA) is 55.9 Å². The van der Waals surface area contributed by atoms with Gasteiger partial charge in [0.2, 0.25) is 0 Å². The molecule has 0 aliphatic rings. The molecule has 0 aliphatic carbocycles. The highest BCUT2D eigenvalue weighted by molar-refractivity contribution is 5.39. The third-order valence-electron chi connectivity index (χ3n) is 2.61. The molecule has 0 bridgehead atoms. The molecule has 3 N–H and O–H groups in total. The fourth-order valence-corrected chi connectivity index (χ4v) is 1.82. The van der Waals surface area contributed by atoms with Crippen LogP contribution < -0.4 is 11.3 Å². The van der Waals surface area contributed by atoms with E-state index in [0.29, 0.717) is 0 Å². The molecule has 0 atom stereocenters. The minimum Gasteiger partial charge on any atom is -0.328 e. The van der Waals surface area contributed by atoms with E-state index in [1.807, 2.05) is 24.5 Å². The number of rotatable bonds is 4. The van der Waals surface area contributed by atoms with E-state index >= 15 is 0 Å². The van der Waals surface area contributed by atoms with Gasteiger partial charge in [0.15, 0.2) is 5.82 Å². The maximum atomic E-state index is 5.41. The van der Waals surface area contributed by atoms with Crippen LogP contribution in [0.25, 0.3) is 0 Å². The number of anilines is 1. The second kappa shape index (κ2) is 4.81. The molecule has 84 valence electrons. The molecule has 1 aromatic carbocycles. The molecule has 0 radical (unpaired) electrons. The Morgan fingerprint density at radius 2 is 2.06 bits per heavy atom. The first-order valence-corrected chi connectivity index (χ1v) is 5.39. The van der Waals surface area contributed by atoms with Crippen molar-refractivity contribution in [3.8, 4) is 0 Å². The lowest BCUT2D eigenvalue weighted by Crippen LogP contribution is -2.10. The van der Waals surface area contributed by atoms with Gasteiger partial charge < -0.3 is 9.99 Å². The van der Waals surface area contributed by atoms with Gasteiger partial charge >= 0.3 is 0 Å². The van der Waals surface area contributed by atoms with Crippen LogP contribution in [-0.4, -0.2) is 9.55 Å². The summed E-state index contributed by atoms with van der Waals surface area (Å²) in [5.74, 6) is 6.17. The lowest BCUT2D eigenvalue weighted by Gasteiger charge is -2.07. The van der Waals surface area contributed by atoms with Crippen LogP contribution in [0.15, 0.2) is 36.7 Å². The average Bonchev–Trinajstić information content (AvgIpc) is 2.72. The molecule has 0 aliphatic heterocycles. The molecular formula is C12H16N4. The molecule has 0 fully saturated rings. The molecule has 1 heterocycles. The van der Waals surface area contributed by atoms with Gasteiger partial charge in [-0.05, 0) is 12.0 Å². The van der Waals surface area contributed by atoms with Gasteiger partial charge in [0, 0.05) is 6.54 Å². The standard InChI is InChI=1S/C12H16N4/c1-2-11-12(15-13)14-9-16(11)8-10-6-4-3-5-7-10/h3-7,9,15H,2,8,13H2,1H3. The highest BCUT2D eigenvalue weighted by atomic mass is 15.3. The van der Waals surface area contributed by atoms with Crippen LogP contribution in [0.3, 0.4) is 0 Å². The third-order valence-corrected chi connectivity index (χ3v) is 2.61. The zero-order valence-corrected chi connectivity index (χ0v) is 9.35. The zero-order chi connectivity index (χ0) is 11.4. The van der Waals surface area contributed by atoms with Gasteiger partial charge in [-0.15, -0.1) is 0 Å². The van der Waals surface area contributed by atoms with E-state index in [-0.39, 0.29) is 0 Å².